The van der Waals surface area contributed by atoms with Crippen LogP contribution in [0.2, 0.25) is 0 Å². The Kier molecular flexibility index (Phi) is 4.18. The van der Waals surface area contributed by atoms with Crippen LogP contribution < -0.4 is 0 Å². The zero-order valence-electron chi connectivity index (χ0n) is 8.16. The summed E-state index contributed by atoms with van der Waals surface area (Å²) in [6.07, 6.45) is 0. The molecule has 0 atom stereocenters. The number of carbonyl (C=O) groups excluding carboxylic acids is 1. The van der Waals surface area contributed by atoms with Gasteiger partial charge in [-0.3, -0.25) is 16.7 Å². The van der Waals surface area contributed by atoms with Crippen LogP contribution in [0, 0.1) is 7.05 Å². The molecule has 0 radical (unpaired) electrons. The Morgan fingerprint density at radius 2 is 2.00 bits per heavy atom. The van der Waals surface area contributed by atoms with Crippen molar-refractivity contribution in [3.05, 3.63) is 7.05 Å². The fourth-order valence-corrected chi connectivity index (χ4v) is 1.34. The summed E-state index contributed by atoms with van der Waals surface area (Å²) >= 11 is 0. The summed E-state index contributed by atoms with van der Waals surface area (Å²) in [6.45, 7) is 6.38. The normalized spacial score (nSPS) is 20.2. The second kappa shape index (κ2) is 5.19. The van der Waals surface area contributed by atoms with Gasteiger partial charge in [-0.15, -0.1) is 0 Å². The number of ether oxygens (including phenoxy) is 1. The Hall–Kier alpha value is -0.610. The first kappa shape index (κ1) is 10.5. The number of esters is 1. The Morgan fingerprint density at radius 3 is 2.54 bits per heavy atom. The van der Waals surface area contributed by atoms with Gasteiger partial charge in [-0.05, 0) is 20.0 Å². The van der Waals surface area contributed by atoms with E-state index in [0.29, 0.717) is 13.2 Å². The summed E-state index contributed by atoms with van der Waals surface area (Å²) in [5.41, 5.74) is 0. The topological polar surface area (TPSA) is 32.8 Å². The molecular weight excluding hydrogens is 168 g/mol. The minimum atomic E-state index is -0.125. The number of nitrogens with zero attached hydrogens (tertiary/aromatic N) is 2. The van der Waals surface area contributed by atoms with Gasteiger partial charge in [-0.2, -0.15) is 0 Å². The fourth-order valence-electron chi connectivity index (χ4n) is 1.34. The molecule has 76 valence electrons. The van der Waals surface area contributed by atoms with Crippen molar-refractivity contribution in [3.8, 4) is 0 Å². The molecule has 0 amide bonds. The molecule has 0 aromatic heterocycles. The molecule has 0 aromatic rings. The SMILES string of the molecule is [CH2-]N1CCN(CC(=O)OCC)CC1. The largest absolute Gasteiger partial charge is 0.465 e. The van der Waals surface area contributed by atoms with Crippen LogP contribution in [-0.2, 0) is 9.53 Å². The lowest BCUT2D eigenvalue weighted by Gasteiger charge is -2.36. The van der Waals surface area contributed by atoms with E-state index in [4.69, 9.17) is 4.74 Å². The predicted octanol–water partition coefficient (Wildman–Crippen LogP) is -0.0413. The summed E-state index contributed by atoms with van der Waals surface area (Å²) < 4.78 is 4.86. The second-order valence-electron chi connectivity index (χ2n) is 3.20. The van der Waals surface area contributed by atoms with Crippen LogP contribution in [0.4, 0.5) is 0 Å². The first-order valence-electron chi connectivity index (χ1n) is 4.65. The number of carbonyl (C=O) groups is 1. The van der Waals surface area contributed by atoms with Crippen molar-refractivity contribution in [2.75, 3.05) is 39.3 Å². The maximum atomic E-state index is 11.1. The molecule has 0 spiro atoms. The van der Waals surface area contributed by atoms with E-state index in [0.717, 1.165) is 26.2 Å². The van der Waals surface area contributed by atoms with E-state index < -0.39 is 0 Å². The maximum Gasteiger partial charge on any atom is 0.320 e. The highest BCUT2D eigenvalue weighted by molar-refractivity contribution is 5.71. The fraction of sp³-hybridized carbons (Fsp3) is 0.778. The quantitative estimate of drug-likeness (QED) is 0.456. The minimum Gasteiger partial charge on any atom is -0.465 e. The van der Waals surface area contributed by atoms with Crippen molar-refractivity contribution in [1.82, 2.24) is 9.80 Å². The predicted molar refractivity (Wildman–Crippen MR) is 50.0 cm³/mol. The maximum absolute atomic E-state index is 11.1. The molecule has 0 N–H and O–H groups in total. The lowest BCUT2D eigenvalue weighted by Crippen LogP contribution is -2.45. The Morgan fingerprint density at radius 1 is 1.38 bits per heavy atom. The molecule has 4 nitrogen and oxygen atoms in total. The summed E-state index contributed by atoms with van der Waals surface area (Å²) in [5.74, 6) is -0.125. The Labute approximate surface area is 79.4 Å². The van der Waals surface area contributed by atoms with Gasteiger partial charge in [0.15, 0.2) is 0 Å². The summed E-state index contributed by atoms with van der Waals surface area (Å²) in [4.78, 5) is 15.2. The van der Waals surface area contributed by atoms with E-state index in [1.54, 1.807) is 0 Å². The second-order valence-corrected chi connectivity index (χ2v) is 3.20. The van der Waals surface area contributed by atoms with Crippen LogP contribution >= 0.6 is 0 Å². The third-order valence-corrected chi connectivity index (χ3v) is 2.12. The van der Waals surface area contributed by atoms with Crippen molar-refractivity contribution in [3.63, 3.8) is 0 Å². The van der Waals surface area contributed by atoms with Gasteiger partial charge in [0.05, 0.1) is 13.2 Å². The van der Waals surface area contributed by atoms with Crippen molar-refractivity contribution in [1.29, 1.82) is 0 Å². The number of hydrogen-bond acceptors (Lipinski definition) is 4. The Balaban J connectivity index is 2.18. The van der Waals surface area contributed by atoms with Crippen molar-refractivity contribution in [2.45, 2.75) is 6.92 Å². The summed E-state index contributed by atoms with van der Waals surface area (Å²) in [5, 5.41) is 0. The third kappa shape index (κ3) is 3.74. The lowest BCUT2D eigenvalue weighted by atomic mass is 10.3. The van der Waals surface area contributed by atoms with Gasteiger partial charge in [-0.25, -0.2) is 0 Å². The van der Waals surface area contributed by atoms with E-state index >= 15 is 0 Å². The molecule has 1 rings (SSSR count). The van der Waals surface area contributed by atoms with Crippen LogP contribution in [0.15, 0.2) is 0 Å². The smallest absolute Gasteiger partial charge is 0.320 e. The molecular formula is C9H17N2O2-. The number of rotatable bonds is 3. The first-order chi connectivity index (χ1) is 6.22. The zero-order valence-corrected chi connectivity index (χ0v) is 8.16. The van der Waals surface area contributed by atoms with Crippen LogP contribution in [0.3, 0.4) is 0 Å². The first-order valence-corrected chi connectivity index (χ1v) is 4.65. The molecule has 0 bridgehead atoms. The number of hydrogen-bond donors (Lipinski definition) is 0. The van der Waals surface area contributed by atoms with Gasteiger partial charge in [0.1, 0.15) is 0 Å². The van der Waals surface area contributed by atoms with Gasteiger partial charge >= 0.3 is 5.97 Å². The molecule has 0 aromatic carbocycles. The molecule has 0 aliphatic carbocycles. The number of piperazine rings is 1. The minimum absolute atomic E-state index is 0.125. The molecule has 4 heteroatoms. The van der Waals surface area contributed by atoms with E-state index in [-0.39, 0.29) is 5.97 Å². The lowest BCUT2D eigenvalue weighted by molar-refractivity contribution is -0.144. The molecule has 1 aliphatic rings. The van der Waals surface area contributed by atoms with Gasteiger partial charge < -0.3 is 9.64 Å². The van der Waals surface area contributed by atoms with Crippen molar-refractivity contribution >= 4 is 5.97 Å². The van der Waals surface area contributed by atoms with Gasteiger partial charge in [-0.1, -0.05) is 0 Å². The van der Waals surface area contributed by atoms with Crippen LogP contribution in [-0.4, -0.2) is 55.1 Å². The van der Waals surface area contributed by atoms with E-state index in [9.17, 15) is 4.79 Å². The Bertz CT molecular complexity index is 165. The molecule has 0 saturated carbocycles. The highest BCUT2D eigenvalue weighted by atomic mass is 16.5. The van der Waals surface area contributed by atoms with Gasteiger partial charge in [0, 0.05) is 13.1 Å². The molecule has 1 saturated heterocycles. The van der Waals surface area contributed by atoms with Crippen LogP contribution in [0.1, 0.15) is 6.92 Å². The van der Waals surface area contributed by atoms with Gasteiger partial charge in [0.2, 0.25) is 0 Å². The van der Waals surface area contributed by atoms with Gasteiger partial charge in [0.25, 0.3) is 0 Å². The monoisotopic (exact) mass is 185 g/mol. The van der Waals surface area contributed by atoms with E-state index in [2.05, 4.69) is 11.9 Å². The molecule has 0 unspecified atom stereocenters. The van der Waals surface area contributed by atoms with Crippen molar-refractivity contribution < 1.29 is 9.53 Å². The van der Waals surface area contributed by atoms with Crippen molar-refractivity contribution in [2.24, 2.45) is 0 Å². The molecule has 1 heterocycles. The average Bonchev–Trinajstić information content (AvgIpc) is 2.09. The summed E-state index contributed by atoms with van der Waals surface area (Å²) in [6, 6.07) is 0. The molecule has 13 heavy (non-hydrogen) atoms. The highest BCUT2D eigenvalue weighted by Gasteiger charge is 2.14. The molecule has 1 aliphatic heterocycles. The van der Waals surface area contributed by atoms with Crippen LogP contribution in [0.25, 0.3) is 0 Å². The highest BCUT2D eigenvalue weighted by Crippen LogP contribution is 1.99. The summed E-state index contributed by atoms with van der Waals surface area (Å²) in [7, 11) is 3.84. The average molecular weight is 185 g/mol. The third-order valence-electron chi connectivity index (χ3n) is 2.12. The standard InChI is InChI=1S/C9H17N2O2/c1-3-13-9(12)8-11-6-4-10(2)5-7-11/h2-8H2,1H3/q-1. The van der Waals surface area contributed by atoms with E-state index in [1.807, 2.05) is 11.8 Å². The zero-order chi connectivity index (χ0) is 9.68. The molecule has 1 fully saturated rings. The van der Waals surface area contributed by atoms with E-state index in [1.165, 1.54) is 0 Å². The van der Waals surface area contributed by atoms with Crippen LogP contribution in [0.5, 0.6) is 0 Å².